The van der Waals surface area contributed by atoms with Crippen LogP contribution >= 0.6 is 0 Å². The van der Waals surface area contributed by atoms with Gasteiger partial charge in [-0.25, -0.2) is 4.79 Å². The van der Waals surface area contributed by atoms with E-state index >= 15 is 0 Å². The Morgan fingerprint density at radius 3 is 0.617 bits per heavy atom. The van der Waals surface area contributed by atoms with Crippen molar-refractivity contribution < 1.29 is 183 Å². The SMILES string of the molecule is O=C(O)CO[C@H]1[C@H]2O[C@H]3[C@@H](O)[C@H](O)[C@@H](O[C@H]4[C@@H](O)[C@H](O)[C@@H](O[C@H]5[C@@H](O)[C@H](O)[C@@H](O[C@H]6[C@H](O)[C@@H](O)[C@@H](O[C@H]7[C@H](O)[C@@H](O)[C@@H](O[C@H]8[C@H](O)[C@@H](O)[C@@H](O[C@@H]([C@@H]1O)[C@@H](CO)O2)O[C@@H]8CO)O[C@@H]7CO)O[C@@H]6CO)O[C@@H]5CO)O[C@@H]4CO)O[C@@H]3CO. The molecule has 15 heterocycles. The standard InChI is InChI=1S/C44H72O37/c45-1-9-30-17(54)23(60)39(68-9)76-32-11(3-47)70-41(25(62)19(32)56)78-34-13(5-49)72-43(27(64)21(34)58)80-36-15(7-51)74-44(37(29(36)66)67-8-16(52)53)81-35-14(6-50)73-42(28(65)22(35)59)79-33-12(4-48)71-40(26(63)20(33)57)77-31-10(2-46)69-38(75-30)24(61)18(31)55/h9-15,17-51,54-66H,1-8H2,(H,52,53)/t9-,10-,11-,12-,13-,14-,15-,17-,18+,19-,20+,21-,22+,23-,24+,25-,26+,27-,28+,29+,30-,31-,32-,33-,34-,35-,36-,37-,38-,39-,40-,41-,42-,43-,44-/m1/s1. The van der Waals surface area contributed by atoms with E-state index in [1.807, 2.05) is 0 Å². The summed E-state index contributed by atoms with van der Waals surface area (Å²) >= 11 is 0. The lowest BCUT2D eigenvalue weighted by Gasteiger charge is -2.50. The Hall–Kier alpha value is -1.93. The number of carboxylic acids is 1. The first-order valence-corrected chi connectivity index (χ1v) is 25.7. The number of hydrogen-bond acceptors (Lipinski definition) is 36. The number of aliphatic hydroxyl groups excluding tert-OH is 20. The van der Waals surface area contributed by atoms with Gasteiger partial charge in [0.2, 0.25) is 0 Å². The van der Waals surface area contributed by atoms with E-state index in [-0.39, 0.29) is 0 Å². The highest BCUT2D eigenvalue weighted by molar-refractivity contribution is 5.68. The van der Waals surface area contributed by atoms with Crippen LogP contribution in [-0.2, 0) is 75.8 Å². The van der Waals surface area contributed by atoms with Crippen molar-refractivity contribution >= 4 is 5.97 Å². The Bertz CT molecular complexity index is 1960. The zero-order valence-corrected chi connectivity index (χ0v) is 42.3. The average molecular weight is 1190 g/mol. The number of fused-ring (bicyclic) bond motifs is 7. The van der Waals surface area contributed by atoms with Crippen LogP contribution in [-0.4, -0.2) is 381 Å². The summed E-state index contributed by atoms with van der Waals surface area (Å²) in [7, 11) is 0. The first kappa shape index (κ1) is 65.1. The monoisotopic (exact) mass is 1190 g/mol. The highest BCUT2D eigenvalue weighted by Crippen LogP contribution is 2.39. The van der Waals surface area contributed by atoms with Gasteiger partial charge in [-0.2, -0.15) is 0 Å². The minimum atomic E-state index is -2.27. The number of carbonyl (C=O) groups is 1. The minimum absolute atomic E-state index is 1.06. The molecular formula is C44H72O37. The Kier molecular flexibility index (Phi) is 22.4. The van der Waals surface area contributed by atoms with Gasteiger partial charge in [-0.3, -0.25) is 0 Å². The van der Waals surface area contributed by atoms with E-state index in [4.69, 9.17) is 71.1 Å². The molecule has 81 heavy (non-hydrogen) atoms. The number of aliphatic hydroxyl groups is 20. The van der Waals surface area contributed by atoms with Crippen molar-refractivity contribution in [3.63, 3.8) is 0 Å². The molecule has 15 fully saturated rings. The summed E-state index contributed by atoms with van der Waals surface area (Å²) in [5.74, 6) is -1.63. The van der Waals surface area contributed by atoms with Crippen LogP contribution in [0.3, 0.4) is 0 Å². The number of ether oxygens (including phenoxy) is 15. The molecule has 0 aromatic carbocycles. The number of aliphatic carboxylic acids is 1. The maximum atomic E-state index is 11.8. The summed E-state index contributed by atoms with van der Waals surface area (Å²) in [5.41, 5.74) is 0. The first-order valence-electron chi connectivity index (χ1n) is 25.7. The second-order valence-electron chi connectivity index (χ2n) is 20.3. The molecule has 470 valence electrons. The molecule has 37 heteroatoms. The molecule has 15 rings (SSSR count). The summed E-state index contributed by atoms with van der Waals surface area (Å²) < 4.78 is 85.5. The van der Waals surface area contributed by atoms with Crippen molar-refractivity contribution in [3.05, 3.63) is 0 Å². The van der Waals surface area contributed by atoms with Crippen molar-refractivity contribution in [1.82, 2.24) is 0 Å². The molecule has 37 nitrogen and oxygen atoms in total. The van der Waals surface area contributed by atoms with E-state index in [9.17, 15) is 112 Å². The van der Waals surface area contributed by atoms with Gasteiger partial charge in [0.05, 0.1) is 46.2 Å². The van der Waals surface area contributed by atoms with Crippen LogP contribution in [0.15, 0.2) is 0 Å². The second kappa shape index (κ2) is 27.8. The van der Waals surface area contributed by atoms with E-state index in [1.54, 1.807) is 0 Å². The molecule has 0 aromatic rings. The van der Waals surface area contributed by atoms with Crippen molar-refractivity contribution in [2.24, 2.45) is 0 Å². The molecule has 0 spiro atoms. The van der Waals surface area contributed by atoms with Gasteiger partial charge in [0, 0.05) is 0 Å². The van der Waals surface area contributed by atoms with E-state index in [2.05, 4.69) is 0 Å². The normalized spacial score (nSPS) is 53.2. The molecule has 0 saturated carbocycles. The number of rotatable bonds is 10. The maximum Gasteiger partial charge on any atom is 0.329 e. The third kappa shape index (κ3) is 13.2. The van der Waals surface area contributed by atoms with Gasteiger partial charge in [0.1, 0.15) is 178 Å². The van der Waals surface area contributed by atoms with Gasteiger partial charge in [-0.05, 0) is 0 Å². The van der Waals surface area contributed by atoms with Gasteiger partial charge in [0.15, 0.2) is 44.0 Å². The molecule has 15 saturated heterocycles. The second-order valence-corrected chi connectivity index (χ2v) is 20.3. The van der Waals surface area contributed by atoms with Crippen LogP contribution < -0.4 is 0 Å². The minimum Gasteiger partial charge on any atom is -0.480 e. The smallest absolute Gasteiger partial charge is 0.329 e. The number of carboxylic acid groups (broad SMARTS) is 1. The lowest BCUT2D eigenvalue weighted by atomic mass is 9.95. The lowest BCUT2D eigenvalue weighted by molar-refractivity contribution is -0.398. The third-order valence-electron chi connectivity index (χ3n) is 15.2. The Morgan fingerprint density at radius 2 is 0.432 bits per heavy atom. The third-order valence-corrected chi connectivity index (χ3v) is 15.2. The molecule has 15 aliphatic heterocycles. The summed E-state index contributed by atoms with van der Waals surface area (Å²) in [6.07, 6.45) is -71.4. The first-order chi connectivity index (χ1) is 38.5. The van der Waals surface area contributed by atoms with Gasteiger partial charge in [-0.1, -0.05) is 0 Å². The van der Waals surface area contributed by atoms with Gasteiger partial charge in [0.25, 0.3) is 0 Å². The Labute approximate surface area is 456 Å². The topological polar surface area (TPSA) is 580 Å². The van der Waals surface area contributed by atoms with Crippen LogP contribution in [0.2, 0.25) is 0 Å². The van der Waals surface area contributed by atoms with Crippen LogP contribution in [0.4, 0.5) is 0 Å². The predicted molar refractivity (Wildman–Crippen MR) is 240 cm³/mol. The van der Waals surface area contributed by atoms with Gasteiger partial charge in [-0.15, -0.1) is 0 Å². The van der Waals surface area contributed by atoms with E-state index in [0.29, 0.717) is 0 Å². The van der Waals surface area contributed by atoms with Crippen LogP contribution in [0.1, 0.15) is 0 Å². The fourth-order valence-electron chi connectivity index (χ4n) is 10.7. The maximum absolute atomic E-state index is 11.8. The fraction of sp³-hybridized carbons (Fsp3) is 0.977. The van der Waals surface area contributed by atoms with Crippen molar-refractivity contribution in [1.29, 1.82) is 0 Å². The molecule has 0 amide bonds. The molecule has 0 unspecified atom stereocenters. The highest BCUT2D eigenvalue weighted by atomic mass is 16.8. The van der Waals surface area contributed by atoms with Crippen LogP contribution in [0.25, 0.3) is 0 Å². The summed E-state index contributed by atoms with van der Waals surface area (Å²) in [5, 5.41) is 230. The fourth-order valence-corrected chi connectivity index (χ4v) is 10.7. The van der Waals surface area contributed by atoms with Crippen molar-refractivity contribution in [2.45, 2.75) is 215 Å². The highest BCUT2D eigenvalue weighted by Gasteiger charge is 2.60. The zero-order valence-electron chi connectivity index (χ0n) is 42.3. The molecule has 35 atom stereocenters. The summed E-state index contributed by atoms with van der Waals surface area (Å²) in [6.45, 7) is -8.76. The quantitative estimate of drug-likeness (QED) is 0.0966. The Balaban J connectivity index is 1.10. The molecule has 0 aromatic heterocycles. The molecule has 21 N–H and O–H groups in total. The predicted octanol–water partition coefficient (Wildman–Crippen LogP) is -15.1. The zero-order chi connectivity index (χ0) is 59.0. The van der Waals surface area contributed by atoms with Crippen molar-refractivity contribution in [3.8, 4) is 0 Å². The van der Waals surface area contributed by atoms with Gasteiger partial charge >= 0.3 is 5.97 Å². The molecule has 0 aliphatic carbocycles. The molecule has 14 bridgehead atoms. The van der Waals surface area contributed by atoms with E-state index in [0.717, 1.165) is 0 Å². The Morgan fingerprint density at radius 1 is 0.259 bits per heavy atom. The largest absolute Gasteiger partial charge is 0.480 e. The molecule has 0 radical (unpaired) electrons. The molecule has 15 aliphatic rings. The summed E-state index contributed by atoms with van der Waals surface area (Å²) in [6, 6.07) is 0. The number of hydrogen-bond donors (Lipinski definition) is 21. The van der Waals surface area contributed by atoms with E-state index in [1.165, 1.54) is 0 Å². The van der Waals surface area contributed by atoms with Crippen LogP contribution in [0, 0.1) is 0 Å². The average Bonchev–Trinajstić information content (AvgIpc) is 3.66. The van der Waals surface area contributed by atoms with Crippen LogP contribution in [0.5, 0.6) is 0 Å². The van der Waals surface area contributed by atoms with E-state index < -0.39 is 274 Å². The molecular weight excluding hydrogens is 1120 g/mol. The summed E-state index contributed by atoms with van der Waals surface area (Å²) in [4.78, 5) is 11.7. The lowest BCUT2D eigenvalue weighted by Crippen LogP contribution is -2.68. The van der Waals surface area contributed by atoms with Gasteiger partial charge < -0.3 is 178 Å². The van der Waals surface area contributed by atoms with Crippen molar-refractivity contribution in [2.75, 3.05) is 52.9 Å².